The minimum atomic E-state index is -0.303. The molecule has 2 heterocycles. The van der Waals surface area contributed by atoms with E-state index in [2.05, 4.69) is 20.9 Å². The number of benzene rings is 1. The van der Waals surface area contributed by atoms with Crippen molar-refractivity contribution < 1.29 is 13.7 Å². The van der Waals surface area contributed by atoms with Gasteiger partial charge in [-0.05, 0) is 51.3 Å². The summed E-state index contributed by atoms with van der Waals surface area (Å²) in [4.78, 5) is 12.3. The van der Waals surface area contributed by atoms with Gasteiger partial charge in [0.1, 0.15) is 17.4 Å². The molecular formula is C20H24FN5O2. The van der Waals surface area contributed by atoms with Crippen molar-refractivity contribution >= 4 is 11.8 Å². The minimum Gasteiger partial charge on any atom is -0.361 e. The predicted octanol–water partition coefficient (Wildman–Crippen LogP) is 3.74. The molecule has 0 bridgehead atoms. The number of aromatic nitrogens is 3. The number of aryl methyl sites for hydroxylation is 3. The third-order valence-corrected chi connectivity index (χ3v) is 4.55. The molecule has 0 aliphatic heterocycles. The summed E-state index contributed by atoms with van der Waals surface area (Å²) >= 11 is 0. The summed E-state index contributed by atoms with van der Waals surface area (Å²) in [7, 11) is 0. The smallest absolute Gasteiger partial charge is 0.320 e. The van der Waals surface area contributed by atoms with Crippen LogP contribution in [0, 0.1) is 26.6 Å². The van der Waals surface area contributed by atoms with Crippen LogP contribution in [0.15, 0.2) is 35.0 Å². The van der Waals surface area contributed by atoms with Gasteiger partial charge >= 0.3 is 6.03 Å². The second kappa shape index (κ2) is 8.69. The van der Waals surface area contributed by atoms with E-state index < -0.39 is 0 Å². The van der Waals surface area contributed by atoms with Crippen LogP contribution in [0.5, 0.6) is 0 Å². The van der Waals surface area contributed by atoms with Gasteiger partial charge in [-0.2, -0.15) is 5.10 Å². The Labute approximate surface area is 162 Å². The van der Waals surface area contributed by atoms with Crippen LogP contribution in [-0.2, 0) is 13.0 Å². The lowest BCUT2D eigenvalue weighted by molar-refractivity contribution is 0.251. The first kappa shape index (κ1) is 19.6. The van der Waals surface area contributed by atoms with Crippen molar-refractivity contribution in [2.45, 2.75) is 40.2 Å². The van der Waals surface area contributed by atoms with Gasteiger partial charge in [-0.3, -0.25) is 5.32 Å². The second-order valence-electron chi connectivity index (χ2n) is 6.75. The summed E-state index contributed by atoms with van der Waals surface area (Å²) in [6.07, 6.45) is 3.24. The summed E-state index contributed by atoms with van der Waals surface area (Å²) in [5.74, 6) is 1.11. The van der Waals surface area contributed by atoms with E-state index >= 15 is 0 Å². The van der Waals surface area contributed by atoms with E-state index in [1.807, 2.05) is 26.8 Å². The van der Waals surface area contributed by atoms with Gasteiger partial charge in [0.15, 0.2) is 0 Å². The van der Waals surface area contributed by atoms with E-state index in [1.165, 1.54) is 12.1 Å². The largest absolute Gasteiger partial charge is 0.361 e. The van der Waals surface area contributed by atoms with E-state index in [1.54, 1.807) is 16.9 Å². The van der Waals surface area contributed by atoms with Crippen LogP contribution in [-0.4, -0.2) is 27.5 Å². The minimum absolute atomic E-state index is 0.299. The maximum Gasteiger partial charge on any atom is 0.320 e. The van der Waals surface area contributed by atoms with E-state index in [0.29, 0.717) is 18.9 Å². The lowest BCUT2D eigenvalue weighted by Crippen LogP contribution is -2.31. The molecule has 7 nitrogen and oxygen atoms in total. The monoisotopic (exact) mass is 385 g/mol. The molecule has 0 saturated carbocycles. The average molecular weight is 385 g/mol. The molecule has 2 amide bonds. The zero-order chi connectivity index (χ0) is 20.1. The van der Waals surface area contributed by atoms with Crippen LogP contribution in [0.3, 0.4) is 0 Å². The molecule has 1 aromatic carbocycles. The number of amides is 2. The van der Waals surface area contributed by atoms with Gasteiger partial charge in [-0.15, -0.1) is 0 Å². The molecule has 0 aliphatic carbocycles. The number of halogens is 1. The molecule has 28 heavy (non-hydrogen) atoms. The Morgan fingerprint density at radius 2 is 2.11 bits per heavy atom. The van der Waals surface area contributed by atoms with Gasteiger partial charge in [-0.1, -0.05) is 17.3 Å². The highest BCUT2D eigenvalue weighted by Gasteiger charge is 2.12. The number of hydrogen-bond acceptors (Lipinski definition) is 4. The Morgan fingerprint density at radius 3 is 2.82 bits per heavy atom. The predicted molar refractivity (Wildman–Crippen MR) is 104 cm³/mol. The molecule has 8 heteroatoms. The molecule has 0 spiro atoms. The Bertz CT molecular complexity index is 944. The van der Waals surface area contributed by atoms with Crippen molar-refractivity contribution in [3.63, 3.8) is 0 Å². The zero-order valence-electron chi connectivity index (χ0n) is 16.3. The second-order valence-corrected chi connectivity index (χ2v) is 6.75. The summed E-state index contributed by atoms with van der Waals surface area (Å²) in [5.41, 5.74) is 3.58. The standard InChI is InChI=1S/C20H24FN5O2/c1-13-11-23-26(12-16-6-4-7-17(21)10-16)19(13)24-20(27)22-9-5-8-18-14(2)25-28-15(18)3/h4,6-7,10-11H,5,8-9,12H2,1-3H3,(H2,22,24,27). The van der Waals surface area contributed by atoms with Gasteiger partial charge in [-0.25, -0.2) is 13.9 Å². The molecule has 0 fully saturated rings. The van der Waals surface area contributed by atoms with Crippen molar-refractivity contribution in [1.29, 1.82) is 0 Å². The molecule has 0 radical (unpaired) electrons. The number of carbonyl (C=O) groups is 1. The van der Waals surface area contributed by atoms with Crippen LogP contribution in [0.2, 0.25) is 0 Å². The van der Waals surface area contributed by atoms with Gasteiger partial charge in [0.25, 0.3) is 0 Å². The molecule has 148 valence electrons. The highest BCUT2D eigenvalue weighted by Crippen LogP contribution is 2.17. The SMILES string of the molecule is Cc1cnn(Cc2cccc(F)c2)c1NC(=O)NCCCc1c(C)noc1C. The summed E-state index contributed by atoms with van der Waals surface area (Å²) in [5, 5.41) is 13.9. The van der Waals surface area contributed by atoms with Gasteiger partial charge in [0.05, 0.1) is 18.4 Å². The van der Waals surface area contributed by atoms with Crippen LogP contribution >= 0.6 is 0 Å². The van der Waals surface area contributed by atoms with E-state index in [4.69, 9.17) is 4.52 Å². The number of carbonyl (C=O) groups excluding carboxylic acids is 1. The highest BCUT2D eigenvalue weighted by atomic mass is 19.1. The number of nitrogens with one attached hydrogen (secondary N) is 2. The fourth-order valence-electron chi connectivity index (χ4n) is 3.05. The topological polar surface area (TPSA) is 85.0 Å². The van der Waals surface area contributed by atoms with Crippen LogP contribution in [0.1, 0.15) is 34.6 Å². The number of hydrogen-bond donors (Lipinski definition) is 2. The van der Waals surface area contributed by atoms with Crippen molar-refractivity contribution in [2.75, 3.05) is 11.9 Å². The van der Waals surface area contributed by atoms with E-state index in [0.717, 1.165) is 41.0 Å². The fraction of sp³-hybridized carbons (Fsp3) is 0.350. The van der Waals surface area contributed by atoms with E-state index in [-0.39, 0.29) is 11.8 Å². The maximum atomic E-state index is 13.4. The normalized spacial score (nSPS) is 10.9. The first-order chi connectivity index (χ1) is 13.4. The molecule has 2 aromatic heterocycles. The third kappa shape index (κ3) is 4.76. The fourth-order valence-corrected chi connectivity index (χ4v) is 3.05. The molecule has 3 rings (SSSR count). The third-order valence-electron chi connectivity index (χ3n) is 4.55. The van der Waals surface area contributed by atoms with Gasteiger partial charge in [0, 0.05) is 17.7 Å². The Hall–Kier alpha value is -3.16. The Morgan fingerprint density at radius 1 is 1.29 bits per heavy atom. The lowest BCUT2D eigenvalue weighted by Gasteiger charge is -2.11. The molecule has 0 aliphatic rings. The highest BCUT2D eigenvalue weighted by molar-refractivity contribution is 5.89. The quantitative estimate of drug-likeness (QED) is 0.607. The zero-order valence-corrected chi connectivity index (χ0v) is 16.3. The number of anilines is 1. The van der Waals surface area contributed by atoms with Crippen LogP contribution in [0.4, 0.5) is 15.0 Å². The van der Waals surface area contributed by atoms with E-state index in [9.17, 15) is 9.18 Å². The average Bonchev–Trinajstić information content (AvgIpc) is 3.15. The number of rotatable bonds is 7. The Kier molecular flexibility index (Phi) is 6.08. The van der Waals surface area contributed by atoms with Crippen LogP contribution in [0.25, 0.3) is 0 Å². The molecule has 2 N–H and O–H groups in total. The molecule has 0 atom stereocenters. The first-order valence-corrected chi connectivity index (χ1v) is 9.17. The molecular weight excluding hydrogens is 361 g/mol. The first-order valence-electron chi connectivity index (χ1n) is 9.17. The molecule has 0 saturated heterocycles. The van der Waals surface area contributed by atoms with Crippen molar-refractivity contribution in [2.24, 2.45) is 0 Å². The summed E-state index contributed by atoms with van der Waals surface area (Å²) in [6, 6.07) is 6.02. The number of nitrogens with zero attached hydrogens (tertiary/aromatic N) is 3. The van der Waals surface area contributed by atoms with Gasteiger partial charge in [0.2, 0.25) is 0 Å². The van der Waals surface area contributed by atoms with Crippen molar-refractivity contribution in [3.8, 4) is 0 Å². The maximum absolute atomic E-state index is 13.4. The Balaban J connectivity index is 1.53. The molecule has 0 unspecified atom stereocenters. The summed E-state index contributed by atoms with van der Waals surface area (Å²) < 4.78 is 20.2. The van der Waals surface area contributed by atoms with Crippen LogP contribution < -0.4 is 10.6 Å². The summed E-state index contributed by atoms with van der Waals surface area (Å²) in [6.45, 7) is 6.55. The van der Waals surface area contributed by atoms with Crippen molar-refractivity contribution in [3.05, 3.63) is 64.4 Å². The molecule has 3 aromatic rings. The van der Waals surface area contributed by atoms with Crippen molar-refractivity contribution in [1.82, 2.24) is 20.3 Å². The lowest BCUT2D eigenvalue weighted by atomic mass is 10.1. The number of urea groups is 1. The van der Waals surface area contributed by atoms with Gasteiger partial charge < -0.3 is 9.84 Å².